The Kier molecular flexibility index (Phi) is 2.56. The predicted octanol–water partition coefficient (Wildman–Crippen LogP) is 0.963. The minimum absolute atomic E-state index is 0.203. The molecule has 1 rings (SSSR count). The highest BCUT2D eigenvalue weighted by Crippen LogP contribution is 2.34. The van der Waals surface area contributed by atoms with Crippen LogP contribution in [0.25, 0.3) is 0 Å². The molecular formula is C6H11F2NO. The van der Waals surface area contributed by atoms with E-state index in [-0.39, 0.29) is 6.54 Å². The van der Waals surface area contributed by atoms with Crippen LogP contribution in [0.5, 0.6) is 0 Å². The Labute approximate surface area is 58.3 Å². The third-order valence-electron chi connectivity index (χ3n) is 1.66. The van der Waals surface area contributed by atoms with Gasteiger partial charge in [-0.3, -0.25) is 0 Å². The third-order valence-corrected chi connectivity index (χ3v) is 1.66. The third kappa shape index (κ3) is 2.19. The van der Waals surface area contributed by atoms with Gasteiger partial charge in [-0.2, -0.15) is 8.78 Å². The first-order chi connectivity index (χ1) is 4.74. The van der Waals surface area contributed by atoms with Crippen molar-refractivity contribution in [3.8, 4) is 0 Å². The minimum Gasteiger partial charge on any atom is -0.328 e. The van der Waals surface area contributed by atoms with Gasteiger partial charge < -0.3 is 10.5 Å². The largest absolute Gasteiger partial charge is 0.345 e. The number of ether oxygens (including phenoxy) is 1. The molecule has 1 fully saturated rings. The van der Waals surface area contributed by atoms with Crippen molar-refractivity contribution in [1.82, 2.24) is 0 Å². The van der Waals surface area contributed by atoms with Crippen LogP contribution in [-0.4, -0.2) is 19.3 Å². The molecule has 0 amide bonds. The van der Waals surface area contributed by atoms with Gasteiger partial charge in [0.1, 0.15) is 0 Å². The van der Waals surface area contributed by atoms with Crippen LogP contribution in [-0.2, 0) is 4.74 Å². The van der Waals surface area contributed by atoms with E-state index in [1.807, 2.05) is 0 Å². The number of nitrogens with two attached hydrogens (primary N) is 1. The van der Waals surface area contributed by atoms with Crippen LogP contribution in [0.1, 0.15) is 12.8 Å². The molecule has 0 saturated heterocycles. The minimum atomic E-state index is -2.67. The monoisotopic (exact) mass is 151 g/mol. The van der Waals surface area contributed by atoms with Crippen molar-refractivity contribution < 1.29 is 13.5 Å². The van der Waals surface area contributed by atoms with E-state index in [2.05, 4.69) is 4.74 Å². The van der Waals surface area contributed by atoms with E-state index in [9.17, 15) is 8.78 Å². The first-order valence-electron chi connectivity index (χ1n) is 3.37. The van der Waals surface area contributed by atoms with Crippen LogP contribution in [0.3, 0.4) is 0 Å². The van der Waals surface area contributed by atoms with E-state index in [0.717, 1.165) is 12.8 Å². The molecule has 0 bridgehead atoms. The van der Waals surface area contributed by atoms with Crippen molar-refractivity contribution in [3.05, 3.63) is 0 Å². The predicted molar refractivity (Wildman–Crippen MR) is 32.7 cm³/mol. The summed E-state index contributed by atoms with van der Waals surface area (Å²) < 4.78 is 27.4. The Hall–Kier alpha value is -0.220. The molecule has 0 aromatic carbocycles. The zero-order chi connectivity index (χ0) is 7.56. The van der Waals surface area contributed by atoms with Crippen LogP contribution >= 0.6 is 0 Å². The molecular weight excluding hydrogens is 140 g/mol. The molecule has 0 aromatic heterocycles. The van der Waals surface area contributed by atoms with E-state index in [0.29, 0.717) is 5.92 Å². The zero-order valence-corrected chi connectivity index (χ0v) is 5.59. The van der Waals surface area contributed by atoms with Crippen molar-refractivity contribution in [2.45, 2.75) is 25.6 Å². The van der Waals surface area contributed by atoms with Gasteiger partial charge in [-0.25, -0.2) is 0 Å². The maximum atomic E-state index is 11.6. The fraction of sp³-hybridized carbons (Fsp3) is 1.00. The summed E-state index contributed by atoms with van der Waals surface area (Å²) in [6.07, 6.45) is 1.54. The Morgan fingerprint density at radius 3 is 2.40 bits per heavy atom. The lowest BCUT2D eigenvalue weighted by molar-refractivity contribution is -0.165. The van der Waals surface area contributed by atoms with E-state index >= 15 is 0 Å². The summed E-state index contributed by atoms with van der Waals surface area (Å²) >= 11 is 0. The summed E-state index contributed by atoms with van der Waals surface area (Å²) in [5.74, 6) is 0.291. The highest BCUT2D eigenvalue weighted by Gasteiger charge is 2.32. The summed E-state index contributed by atoms with van der Waals surface area (Å²) in [6, 6.07) is 0. The van der Waals surface area contributed by atoms with Crippen LogP contribution in [0.15, 0.2) is 0 Å². The van der Waals surface area contributed by atoms with E-state index in [1.54, 1.807) is 0 Å². The van der Waals surface area contributed by atoms with Crippen molar-refractivity contribution >= 4 is 0 Å². The van der Waals surface area contributed by atoms with Crippen molar-refractivity contribution in [3.63, 3.8) is 0 Å². The van der Waals surface area contributed by atoms with Gasteiger partial charge in [0.2, 0.25) is 0 Å². The number of hydrogen-bond donors (Lipinski definition) is 1. The smallest absolute Gasteiger partial charge is 0.328 e. The van der Waals surface area contributed by atoms with Gasteiger partial charge in [-0.15, -0.1) is 0 Å². The van der Waals surface area contributed by atoms with Crippen molar-refractivity contribution in [1.29, 1.82) is 0 Å². The Balaban J connectivity index is 2.19. The highest BCUT2D eigenvalue weighted by molar-refractivity contribution is 4.82. The fourth-order valence-corrected chi connectivity index (χ4v) is 0.959. The zero-order valence-electron chi connectivity index (χ0n) is 5.59. The Bertz CT molecular complexity index is 106. The average molecular weight is 151 g/mol. The second-order valence-electron chi connectivity index (χ2n) is 2.51. The number of rotatable bonds is 4. The molecule has 2 N–H and O–H groups in total. The molecule has 0 radical (unpaired) electrons. The Morgan fingerprint density at radius 2 is 2.10 bits per heavy atom. The first-order valence-corrected chi connectivity index (χ1v) is 3.37. The summed E-state index contributed by atoms with van der Waals surface area (Å²) in [6.45, 7) is -2.47. The molecule has 60 valence electrons. The normalized spacial score (nSPS) is 21.6. The summed E-state index contributed by atoms with van der Waals surface area (Å²) in [4.78, 5) is 0. The molecule has 0 heterocycles. The van der Waals surface area contributed by atoms with Crippen LogP contribution in [0.4, 0.5) is 8.78 Å². The van der Waals surface area contributed by atoms with E-state index < -0.39 is 12.7 Å². The Morgan fingerprint density at radius 1 is 1.50 bits per heavy atom. The molecule has 0 aromatic rings. The first kappa shape index (κ1) is 7.88. The van der Waals surface area contributed by atoms with Gasteiger partial charge in [0, 0.05) is 6.54 Å². The molecule has 0 aliphatic heterocycles. The fourth-order valence-electron chi connectivity index (χ4n) is 0.959. The van der Waals surface area contributed by atoms with Crippen LogP contribution in [0, 0.1) is 5.92 Å². The molecule has 2 nitrogen and oxygen atoms in total. The van der Waals surface area contributed by atoms with Gasteiger partial charge in [0.25, 0.3) is 0 Å². The maximum Gasteiger partial charge on any atom is 0.345 e. The summed E-state index contributed by atoms with van der Waals surface area (Å²) in [5, 5.41) is 0. The van der Waals surface area contributed by atoms with E-state index in [1.165, 1.54) is 0 Å². The number of alkyl halides is 2. The number of hydrogen-bond acceptors (Lipinski definition) is 2. The summed E-state index contributed by atoms with van der Waals surface area (Å²) in [7, 11) is 0. The molecule has 1 aliphatic carbocycles. The maximum absolute atomic E-state index is 11.6. The lowest BCUT2D eigenvalue weighted by Crippen LogP contribution is -2.27. The molecule has 1 atom stereocenters. The lowest BCUT2D eigenvalue weighted by Gasteiger charge is -2.13. The molecule has 1 unspecified atom stereocenters. The van der Waals surface area contributed by atoms with E-state index in [4.69, 9.17) is 5.73 Å². The lowest BCUT2D eigenvalue weighted by atomic mass is 10.2. The van der Waals surface area contributed by atoms with Gasteiger partial charge in [-0.1, -0.05) is 0 Å². The van der Waals surface area contributed by atoms with Gasteiger partial charge >= 0.3 is 6.61 Å². The molecule has 4 heteroatoms. The topological polar surface area (TPSA) is 35.2 Å². The molecule has 1 aliphatic rings. The molecule has 10 heavy (non-hydrogen) atoms. The van der Waals surface area contributed by atoms with Crippen molar-refractivity contribution in [2.75, 3.05) is 6.54 Å². The SMILES string of the molecule is NCC(OC(F)F)C1CC1. The van der Waals surface area contributed by atoms with Gasteiger partial charge in [-0.05, 0) is 18.8 Å². The molecule has 0 spiro atoms. The standard InChI is InChI=1S/C6H11F2NO/c7-6(8)10-5(3-9)4-1-2-4/h4-6H,1-3,9H2. The second-order valence-corrected chi connectivity index (χ2v) is 2.51. The summed E-state index contributed by atoms with van der Waals surface area (Å²) in [5.41, 5.74) is 5.20. The van der Waals surface area contributed by atoms with Crippen LogP contribution < -0.4 is 5.73 Å². The number of halogens is 2. The van der Waals surface area contributed by atoms with Gasteiger partial charge in [0.05, 0.1) is 6.10 Å². The second kappa shape index (κ2) is 3.25. The van der Waals surface area contributed by atoms with Gasteiger partial charge in [0.15, 0.2) is 0 Å². The quantitative estimate of drug-likeness (QED) is 0.649. The van der Waals surface area contributed by atoms with Crippen LogP contribution in [0.2, 0.25) is 0 Å². The average Bonchev–Trinajstić information content (AvgIpc) is 2.63. The highest BCUT2D eigenvalue weighted by atomic mass is 19.3. The van der Waals surface area contributed by atoms with Crippen molar-refractivity contribution in [2.24, 2.45) is 11.7 Å². The molecule has 1 saturated carbocycles.